The summed E-state index contributed by atoms with van der Waals surface area (Å²) in [7, 11) is 0. The van der Waals surface area contributed by atoms with E-state index in [4.69, 9.17) is 4.74 Å². The maximum Gasteiger partial charge on any atom is 0.132 e. The predicted molar refractivity (Wildman–Crippen MR) is 81.4 cm³/mol. The first-order valence-electron chi connectivity index (χ1n) is 6.45. The number of benzene rings is 1. The third-order valence-corrected chi connectivity index (χ3v) is 3.12. The van der Waals surface area contributed by atoms with Crippen LogP contribution in [-0.4, -0.2) is 11.5 Å². The van der Waals surface area contributed by atoms with Gasteiger partial charge in [-0.2, -0.15) is 0 Å². The number of ether oxygens (including phenoxy) is 1. The minimum Gasteiger partial charge on any atom is -0.489 e. The summed E-state index contributed by atoms with van der Waals surface area (Å²) in [4.78, 5) is 4.29. The highest BCUT2D eigenvalue weighted by molar-refractivity contribution is 9.10. The lowest BCUT2D eigenvalue weighted by atomic mass is 10.2. The first kappa shape index (κ1) is 14.8. The van der Waals surface area contributed by atoms with Crippen molar-refractivity contribution in [3.8, 4) is 5.75 Å². The summed E-state index contributed by atoms with van der Waals surface area (Å²) in [6.45, 7) is 3.29. The van der Waals surface area contributed by atoms with Crippen LogP contribution in [0.4, 0.5) is 10.2 Å². The second-order valence-electron chi connectivity index (χ2n) is 4.33. The van der Waals surface area contributed by atoms with Gasteiger partial charge in [0, 0.05) is 28.8 Å². The van der Waals surface area contributed by atoms with Crippen LogP contribution in [0.15, 0.2) is 41.0 Å². The van der Waals surface area contributed by atoms with Gasteiger partial charge in [-0.05, 0) is 24.6 Å². The van der Waals surface area contributed by atoms with E-state index < -0.39 is 0 Å². The molecule has 0 aliphatic carbocycles. The quantitative estimate of drug-likeness (QED) is 0.848. The standard InChI is InChI=1S/C15H16BrFN2O/c1-2-5-18-15-11(4-3-6-19-15)10-20-14-8-12(16)7-13(17)9-14/h3-4,6-9H,2,5,10H2,1H3,(H,18,19). The fraction of sp³-hybridized carbons (Fsp3) is 0.267. The third-order valence-electron chi connectivity index (χ3n) is 2.66. The number of hydrogen-bond donors (Lipinski definition) is 1. The van der Waals surface area contributed by atoms with Crippen molar-refractivity contribution in [1.82, 2.24) is 4.98 Å². The first-order valence-corrected chi connectivity index (χ1v) is 7.25. The summed E-state index contributed by atoms with van der Waals surface area (Å²) < 4.78 is 19.5. The zero-order chi connectivity index (χ0) is 14.4. The number of pyridine rings is 1. The van der Waals surface area contributed by atoms with Crippen LogP contribution in [0.5, 0.6) is 5.75 Å². The minimum atomic E-state index is -0.329. The molecule has 1 N–H and O–H groups in total. The number of halogens is 2. The highest BCUT2D eigenvalue weighted by Crippen LogP contribution is 2.22. The van der Waals surface area contributed by atoms with E-state index in [1.165, 1.54) is 12.1 Å². The summed E-state index contributed by atoms with van der Waals surface area (Å²) in [6, 6.07) is 8.29. The molecule has 0 bridgehead atoms. The Balaban J connectivity index is 2.06. The Morgan fingerprint density at radius 1 is 1.35 bits per heavy atom. The SMILES string of the molecule is CCCNc1ncccc1COc1cc(F)cc(Br)c1. The molecule has 5 heteroatoms. The van der Waals surface area contributed by atoms with Crippen molar-refractivity contribution in [3.63, 3.8) is 0 Å². The van der Waals surface area contributed by atoms with Crippen molar-refractivity contribution in [3.05, 3.63) is 52.4 Å². The maximum absolute atomic E-state index is 13.3. The Hall–Kier alpha value is -1.62. The predicted octanol–water partition coefficient (Wildman–Crippen LogP) is 4.38. The lowest BCUT2D eigenvalue weighted by molar-refractivity contribution is 0.304. The zero-order valence-electron chi connectivity index (χ0n) is 11.2. The van der Waals surface area contributed by atoms with Gasteiger partial charge in [0.25, 0.3) is 0 Å². The van der Waals surface area contributed by atoms with Crippen LogP contribution in [0, 0.1) is 5.82 Å². The second kappa shape index (κ2) is 7.24. The van der Waals surface area contributed by atoms with Gasteiger partial charge in [-0.25, -0.2) is 9.37 Å². The number of hydrogen-bond acceptors (Lipinski definition) is 3. The highest BCUT2D eigenvalue weighted by atomic mass is 79.9. The zero-order valence-corrected chi connectivity index (χ0v) is 12.8. The lowest BCUT2D eigenvalue weighted by Crippen LogP contribution is -2.07. The third kappa shape index (κ3) is 4.20. The molecule has 2 rings (SSSR count). The van der Waals surface area contributed by atoms with Gasteiger partial charge in [0.2, 0.25) is 0 Å². The molecule has 0 spiro atoms. The monoisotopic (exact) mass is 338 g/mol. The van der Waals surface area contributed by atoms with E-state index >= 15 is 0 Å². The largest absolute Gasteiger partial charge is 0.489 e. The summed E-state index contributed by atoms with van der Waals surface area (Å²) >= 11 is 3.24. The lowest BCUT2D eigenvalue weighted by Gasteiger charge is -2.11. The van der Waals surface area contributed by atoms with Crippen molar-refractivity contribution in [2.75, 3.05) is 11.9 Å². The van der Waals surface area contributed by atoms with E-state index in [9.17, 15) is 4.39 Å². The van der Waals surface area contributed by atoms with Crippen molar-refractivity contribution in [2.45, 2.75) is 20.0 Å². The van der Waals surface area contributed by atoms with Crippen molar-refractivity contribution in [2.24, 2.45) is 0 Å². The van der Waals surface area contributed by atoms with Gasteiger partial charge in [0.05, 0.1) is 0 Å². The van der Waals surface area contributed by atoms with E-state index in [2.05, 4.69) is 33.2 Å². The molecule has 1 heterocycles. The summed E-state index contributed by atoms with van der Waals surface area (Å²) in [5.41, 5.74) is 0.946. The summed E-state index contributed by atoms with van der Waals surface area (Å²) in [5, 5.41) is 3.25. The van der Waals surface area contributed by atoms with Crippen molar-refractivity contribution in [1.29, 1.82) is 0 Å². The Morgan fingerprint density at radius 2 is 2.20 bits per heavy atom. The smallest absolute Gasteiger partial charge is 0.132 e. The van der Waals surface area contributed by atoms with Crippen LogP contribution in [-0.2, 0) is 6.61 Å². The summed E-state index contributed by atoms with van der Waals surface area (Å²) in [6.07, 6.45) is 2.76. The Morgan fingerprint density at radius 3 is 2.95 bits per heavy atom. The number of aromatic nitrogens is 1. The van der Waals surface area contributed by atoms with E-state index in [0.29, 0.717) is 16.8 Å². The van der Waals surface area contributed by atoms with E-state index in [1.54, 1.807) is 12.3 Å². The molecule has 0 radical (unpaired) electrons. The van der Waals surface area contributed by atoms with Crippen LogP contribution >= 0.6 is 15.9 Å². The molecule has 0 saturated heterocycles. The number of rotatable bonds is 6. The van der Waals surface area contributed by atoms with E-state index in [-0.39, 0.29) is 5.82 Å². The maximum atomic E-state index is 13.3. The van der Waals surface area contributed by atoms with Gasteiger partial charge in [-0.3, -0.25) is 0 Å². The van der Waals surface area contributed by atoms with Gasteiger partial charge >= 0.3 is 0 Å². The molecule has 0 aliphatic heterocycles. The number of anilines is 1. The Kier molecular flexibility index (Phi) is 5.35. The fourth-order valence-corrected chi connectivity index (χ4v) is 2.17. The van der Waals surface area contributed by atoms with Gasteiger partial charge in [0.15, 0.2) is 0 Å². The normalized spacial score (nSPS) is 10.3. The van der Waals surface area contributed by atoms with Gasteiger partial charge in [0.1, 0.15) is 24.0 Å². The topological polar surface area (TPSA) is 34.2 Å². The molecule has 0 unspecified atom stereocenters. The van der Waals surface area contributed by atoms with Crippen LogP contribution in [0.2, 0.25) is 0 Å². The summed E-state index contributed by atoms with van der Waals surface area (Å²) in [5.74, 6) is 0.969. The van der Waals surface area contributed by atoms with Crippen LogP contribution in [0.1, 0.15) is 18.9 Å². The van der Waals surface area contributed by atoms with Crippen LogP contribution < -0.4 is 10.1 Å². The molecule has 0 saturated carbocycles. The van der Waals surface area contributed by atoms with E-state index in [0.717, 1.165) is 24.3 Å². The van der Waals surface area contributed by atoms with Crippen molar-refractivity contribution < 1.29 is 9.13 Å². The van der Waals surface area contributed by atoms with Gasteiger partial charge < -0.3 is 10.1 Å². The highest BCUT2D eigenvalue weighted by Gasteiger charge is 2.05. The molecule has 3 nitrogen and oxygen atoms in total. The molecule has 0 amide bonds. The molecule has 0 aliphatic rings. The average Bonchev–Trinajstić information content (AvgIpc) is 2.43. The molecule has 0 fully saturated rings. The molecule has 1 aromatic carbocycles. The molecule has 106 valence electrons. The Bertz CT molecular complexity index is 557. The fourth-order valence-electron chi connectivity index (χ4n) is 1.73. The second-order valence-corrected chi connectivity index (χ2v) is 5.25. The number of nitrogens with zero attached hydrogens (tertiary/aromatic N) is 1. The molecule has 1 aromatic heterocycles. The van der Waals surface area contributed by atoms with Gasteiger partial charge in [-0.1, -0.05) is 28.9 Å². The number of nitrogens with one attached hydrogen (secondary N) is 1. The van der Waals surface area contributed by atoms with Crippen LogP contribution in [0.25, 0.3) is 0 Å². The molecule has 0 atom stereocenters. The van der Waals surface area contributed by atoms with Gasteiger partial charge in [-0.15, -0.1) is 0 Å². The van der Waals surface area contributed by atoms with Crippen molar-refractivity contribution >= 4 is 21.7 Å². The molecule has 20 heavy (non-hydrogen) atoms. The first-order chi connectivity index (χ1) is 9.69. The molecule has 2 aromatic rings. The Labute approximate surface area is 126 Å². The molecular formula is C15H16BrFN2O. The average molecular weight is 339 g/mol. The molecular weight excluding hydrogens is 323 g/mol. The minimum absolute atomic E-state index is 0.329. The van der Waals surface area contributed by atoms with E-state index in [1.807, 2.05) is 12.1 Å². The van der Waals surface area contributed by atoms with Crippen LogP contribution in [0.3, 0.4) is 0 Å².